The van der Waals surface area contributed by atoms with Gasteiger partial charge in [-0.1, -0.05) is 110 Å². The summed E-state index contributed by atoms with van der Waals surface area (Å²) < 4.78 is 6.10. The van der Waals surface area contributed by atoms with Crippen LogP contribution in [0.15, 0.2) is 144 Å². The fraction of sp³-hybridized carbons (Fsp3) is 0.0270. The molecular formula is C37H24O. The van der Waals surface area contributed by atoms with Gasteiger partial charge in [-0.15, -0.1) is 0 Å². The summed E-state index contributed by atoms with van der Waals surface area (Å²) in [5.74, 6) is 0. The molecule has 0 bridgehead atoms. The van der Waals surface area contributed by atoms with E-state index in [1.54, 1.807) is 0 Å². The van der Waals surface area contributed by atoms with Gasteiger partial charge in [0, 0.05) is 10.8 Å². The first-order valence-corrected chi connectivity index (χ1v) is 13.0. The molecule has 178 valence electrons. The molecule has 1 spiro atoms. The van der Waals surface area contributed by atoms with Crippen LogP contribution in [0.5, 0.6) is 0 Å². The lowest BCUT2D eigenvalue weighted by atomic mass is 9.69. The topological polar surface area (TPSA) is 13.1 Å². The van der Waals surface area contributed by atoms with E-state index in [1.165, 1.54) is 50.1 Å². The maximum absolute atomic E-state index is 6.10. The van der Waals surface area contributed by atoms with Gasteiger partial charge in [0.25, 0.3) is 0 Å². The summed E-state index contributed by atoms with van der Waals surface area (Å²) in [4.78, 5) is 0. The molecule has 38 heavy (non-hydrogen) atoms. The summed E-state index contributed by atoms with van der Waals surface area (Å²) in [6.07, 6.45) is 4.03. The minimum Gasteiger partial charge on any atom is -0.456 e. The second kappa shape index (κ2) is 7.57. The molecule has 0 saturated heterocycles. The number of para-hydroxylation sites is 1. The number of benzene rings is 5. The van der Waals surface area contributed by atoms with E-state index >= 15 is 0 Å². The van der Waals surface area contributed by atoms with Crippen molar-refractivity contribution >= 4 is 27.5 Å². The van der Waals surface area contributed by atoms with Gasteiger partial charge in [0.15, 0.2) is 0 Å². The lowest BCUT2D eigenvalue weighted by molar-refractivity contribution is 0.669. The molecule has 1 atom stereocenters. The number of fused-ring (bicyclic) bond motifs is 10. The average molecular weight is 485 g/mol. The summed E-state index contributed by atoms with van der Waals surface area (Å²) in [6, 6.07) is 39.3. The van der Waals surface area contributed by atoms with Crippen molar-refractivity contribution in [2.45, 2.75) is 5.41 Å². The Hall–Kier alpha value is -4.88. The highest BCUT2D eigenvalue weighted by Gasteiger charge is 2.51. The van der Waals surface area contributed by atoms with Crippen molar-refractivity contribution in [3.05, 3.63) is 162 Å². The third kappa shape index (κ3) is 2.51. The van der Waals surface area contributed by atoms with Crippen LogP contribution in [0, 0.1) is 0 Å². The highest BCUT2D eigenvalue weighted by molar-refractivity contribution is 6.06. The maximum atomic E-state index is 6.10. The first-order chi connectivity index (χ1) is 18.8. The van der Waals surface area contributed by atoms with E-state index in [1.807, 2.05) is 24.3 Å². The Kier molecular flexibility index (Phi) is 4.23. The number of hydrogen-bond acceptors (Lipinski definition) is 1. The van der Waals surface area contributed by atoms with Crippen LogP contribution in [0.25, 0.3) is 49.8 Å². The predicted octanol–water partition coefficient (Wildman–Crippen LogP) is 9.71. The lowest BCUT2D eigenvalue weighted by Crippen LogP contribution is -2.26. The summed E-state index contributed by atoms with van der Waals surface area (Å²) in [6.45, 7) is 8.52. The van der Waals surface area contributed by atoms with E-state index < -0.39 is 5.41 Å². The van der Waals surface area contributed by atoms with Gasteiger partial charge in [0.2, 0.25) is 0 Å². The van der Waals surface area contributed by atoms with Crippen molar-refractivity contribution in [3.8, 4) is 22.3 Å². The molecule has 2 aliphatic carbocycles. The third-order valence-electron chi connectivity index (χ3n) is 8.48. The molecule has 1 heterocycles. The molecule has 1 unspecified atom stereocenters. The Labute approximate surface area is 221 Å². The molecule has 8 rings (SSSR count). The van der Waals surface area contributed by atoms with E-state index in [0.717, 1.165) is 27.5 Å². The molecule has 0 amide bonds. The van der Waals surface area contributed by atoms with Crippen LogP contribution in [-0.2, 0) is 5.41 Å². The highest BCUT2D eigenvalue weighted by atomic mass is 16.3. The van der Waals surface area contributed by atoms with Crippen LogP contribution in [-0.4, -0.2) is 0 Å². The zero-order valence-electron chi connectivity index (χ0n) is 20.9. The second-order valence-electron chi connectivity index (χ2n) is 10.1. The SMILES string of the molecule is C=CC1=C(C=C)C2(c3ccccc31)c1ccccc1-c1ccc(-c3ccc4oc5ccccc5c4c3)cc12. The van der Waals surface area contributed by atoms with E-state index in [-0.39, 0.29) is 0 Å². The molecule has 0 aliphatic heterocycles. The molecule has 1 nitrogen and oxygen atoms in total. The summed E-state index contributed by atoms with van der Waals surface area (Å²) in [7, 11) is 0. The van der Waals surface area contributed by atoms with Gasteiger partial charge >= 0.3 is 0 Å². The van der Waals surface area contributed by atoms with Gasteiger partial charge < -0.3 is 4.42 Å². The van der Waals surface area contributed by atoms with Crippen LogP contribution >= 0.6 is 0 Å². The van der Waals surface area contributed by atoms with Crippen molar-refractivity contribution in [1.29, 1.82) is 0 Å². The van der Waals surface area contributed by atoms with Crippen LogP contribution in [0.3, 0.4) is 0 Å². The molecule has 0 radical (unpaired) electrons. The average Bonchev–Trinajstić information content (AvgIpc) is 3.59. The van der Waals surface area contributed by atoms with Gasteiger partial charge in [0.1, 0.15) is 11.2 Å². The van der Waals surface area contributed by atoms with Gasteiger partial charge in [-0.2, -0.15) is 0 Å². The quantitative estimate of drug-likeness (QED) is 0.244. The molecule has 0 N–H and O–H groups in total. The number of allylic oxidation sites excluding steroid dienone is 4. The molecule has 1 aromatic heterocycles. The normalized spacial score (nSPS) is 17.2. The lowest BCUT2D eigenvalue weighted by Gasteiger charge is -2.31. The fourth-order valence-corrected chi connectivity index (χ4v) is 6.97. The fourth-order valence-electron chi connectivity index (χ4n) is 6.97. The second-order valence-corrected chi connectivity index (χ2v) is 10.1. The number of hydrogen-bond donors (Lipinski definition) is 0. The minimum atomic E-state index is -0.420. The van der Waals surface area contributed by atoms with Crippen molar-refractivity contribution in [3.63, 3.8) is 0 Å². The first kappa shape index (κ1) is 21.2. The van der Waals surface area contributed by atoms with Crippen molar-refractivity contribution < 1.29 is 4.42 Å². The predicted molar refractivity (Wildman–Crippen MR) is 158 cm³/mol. The van der Waals surface area contributed by atoms with E-state index in [4.69, 9.17) is 4.42 Å². The largest absolute Gasteiger partial charge is 0.456 e. The zero-order chi connectivity index (χ0) is 25.4. The van der Waals surface area contributed by atoms with Gasteiger partial charge in [-0.3, -0.25) is 0 Å². The molecule has 5 aromatic carbocycles. The van der Waals surface area contributed by atoms with Crippen molar-refractivity contribution in [1.82, 2.24) is 0 Å². The zero-order valence-corrected chi connectivity index (χ0v) is 20.9. The van der Waals surface area contributed by atoms with E-state index in [0.29, 0.717) is 0 Å². The Balaban J connectivity index is 1.44. The van der Waals surface area contributed by atoms with Gasteiger partial charge in [-0.25, -0.2) is 0 Å². The van der Waals surface area contributed by atoms with Crippen LogP contribution in [0.1, 0.15) is 22.3 Å². The molecular weight excluding hydrogens is 460 g/mol. The summed E-state index contributed by atoms with van der Waals surface area (Å²) >= 11 is 0. The Morgan fingerprint density at radius 1 is 0.526 bits per heavy atom. The van der Waals surface area contributed by atoms with Crippen LogP contribution < -0.4 is 0 Å². The van der Waals surface area contributed by atoms with Crippen LogP contribution in [0.2, 0.25) is 0 Å². The Morgan fingerprint density at radius 3 is 1.97 bits per heavy atom. The summed E-state index contributed by atoms with van der Waals surface area (Å²) in [5.41, 5.74) is 13.8. The van der Waals surface area contributed by atoms with Crippen molar-refractivity contribution in [2.75, 3.05) is 0 Å². The minimum absolute atomic E-state index is 0.420. The molecule has 2 aliphatic rings. The smallest absolute Gasteiger partial charge is 0.135 e. The standard InChI is InChI=1S/C37H24O/c1-3-25-26-11-5-8-14-32(26)37(31(25)4-2)33-15-9-6-12-27(33)28-19-17-24(22-34(28)37)23-18-20-36-30(21-23)29-13-7-10-16-35(29)38-36/h3-22H,1-2H2. The Morgan fingerprint density at radius 2 is 1.16 bits per heavy atom. The molecule has 1 heteroatoms. The first-order valence-electron chi connectivity index (χ1n) is 13.0. The highest BCUT2D eigenvalue weighted by Crippen LogP contribution is 2.62. The molecule has 0 fully saturated rings. The van der Waals surface area contributed by atoms with E-state index in [2.05, 4.69) is 110 Å². The van der Waals surface area contributed by atoms with Crippen LogP contribution in [0.4, 0.5) is 0 Å². The van der Waals surface area contributed by atoms with Gasteiger partial charge in [0.05, 0.1) is 5.41 Å². The van der Waals surface area contributed by atoms with E-state index in [9.17, 15) is 0 Å². The van der Waals surface area contributed by atoms with Crippen molar-refractivity contribution in [2.24, 2.45) is 0 Å². The third-order valence-corrected chi connectivity index (χ3v) is 8.48. The molecule has 6 aromatic rings. The van der Waals surface area contributed by atoms with Gasteiger partial charge in [-0.05, 0) is 79.9 Å². The summed E-state index contributed by atoms with van der Waals surface area (Å²) in [5, 5.41) is 2.29. The maximum Gasteiger partial charge on any atom is 0.135 e. The molecule has 0 saturated carbocycles. The number of rotatable bonds is 3. The monoisotopic (exact) mass is 484 g/mol. The Bertz CT molecular complexity index is 2010. The number of furan rings is 1.